The second-order valence-electron chi connectivity index (χ2n) is 3.26. The van der Waals surface area contributed by atoms with Crippen LogP contribution in [0.3, 0.4) is 0 Å². The van der Waals surface area contributed by atoms with Crippen LogP contribution >= 0.6 is 11.6 Å². The van der Waals surface area contributed by atoms with Crippen LogP contribution in [0.4, 0.5) is 0 Å². The van der Waals surface area contributed by atoms with Gasteiger partial charge in [0.05, 0.1) is 13.7 Å². The first-order valence-corrected chi connectivity index (χ1v) is 5.53. The van der Waals surface area contributed by atoms with Crippen LogP contribution in [0.15, 0.2) is 18.2 Å². The first-order chi connectivity index (χ1) is 7.67. The summed E-state index contributed by atoms with van der Waals surface area (Å²) in [6.45, 7) is 2.51. The molecule has 4 heteroatoms. The van der Waals surface area contributed by atoms with Crippen molar-refractivity contribution in [1.82, 2.24) is 0 Å². The van der Waals surface area contributed by atoms with E-state index in [9.17, 15) is 4.79 Å². The SMILES string of the molecule is CCOc1ccc(Cl)cc1CCC(=O)OC. The molecule has 1 aromatic rings. The number of rotatable bonds is 5. The molecule has 16 heavy (non-hydrogen) atoms. The van der Waals surface area contributed by atoms with E-state index in [2.05, 4.69) is 4.74 Å². The van der Waals surface area contributed by atoms with Gasteiger partial charge in [0.2, 0.25) is 0 Å². The molecule has 0 unspecified atom stereocenters. The topological polar surface area (TPSA) is 35.5 Å². The minimum Gasteiger partial charge on any atom is -0.494 e. The molecule has 0 atom stereocenters. The average molecular weight is 243 g/mol. The summed E-state index contributed by atoms with van der Waals surface area (Å²) in [6, 6.07) is 5.40. The molecule has 0 saturated carbocycles. The Kier molecular flexibility index (Phi) is 5.12. The summed E-state index contributed by atoms with van der Waals surface area (Å²) in [6.07, 6.45) is 0.902. The minimum absolute atomic E-state index is 0.234. The van der Waals surface area contributed by atoms with Gasteiger partial charge in [-0.2, -0.15) is 0 Å². The lowest BCUT2D eigenvalue weighted by molar-refractivity contribution is -0.140. The summed E-state index contributed by atoms with van der Waals surface area (Å²) < 4.78 is 10.0. The van der Waals surface area contributed by atoms with Gasteiger partial charge in [0.15, 0.2) is 0 Å². The number of esters is 1. The van der Waals surface area contributed by atoms with E-state index in [0.717, 1.165) is 11.3 Å². The van der Waals surface area contributed by atoms with Crippen molar-refractivity contribution in [2.45, 2.75) is 19.8 Å². The third-order valence-electron chi connectivity index (χ3n) is 2.15. The van der Waals surface area contributed by atoms with Crippen molar-refractivity contribution in [3.8, 4) is 5.75 Å². The Labute approximate surface area is 100 Å². The molecule has 0 N–H and O–H groups in total. The van der Waals surface area contributed by atoms with Gasteiger partial charge < -0.3 is 9.47 Å². The number of ether oxygens (including phenoxy) is 2. The van der Waals surface area contributed by atoms with Crippen molar-refractivity contribution >= 4 is 17.6 Å². The summed E-state index contributed by atoms with van der Waals surface area (Å²) in [5.74, 6) is 0.540. The van der Waals surface area contributed by atoms with E-state index in [-0.39, 0.29) is 5.97 Å². The number of halogens is 1. The molecule has 0 aromatic heterocycles. The largest absolute Gasteiger partial charge is 0.494 e. The van der Waals surface area contributed by atoms with Gasteiger partial charge in [-0.3, -0.25) is 4.79 Å². The summed E-state index contributed by atoms with van der Waals surface area (Å²) in [7, 11) is 1.38. The summed E-state index contributed by atoms with van der Waals surface area (Å²) in [4.78, 5) is 11.0. The molecule has 0 bridgehead atoms. The van der Waals surface area contributed by atoms with Crippen molar-refractivity contribution in [2.75, 3.05) is 13.7 Å². The van der Waals surface area contributed by atoms with Gasteiger partial charge in [-0.25, -0.2) is 0 Å². The van der Waals surface area contributed by atoms with Crippen LogP contribution in [0, 0.1) is 0 Å². The molecule has 1 rings (SSSR count). The Morgan fingerprint density at radius 2 is 2.19 bits per heavy atom. The second kappa shape index (κ2) is 6.38. The molecule has 88 valence electrons. The lowest BCUT2D eigenvalue weighted by Gasteiger charge is -2.09. The van der Waals surface area contributed by atoms with Crippen LogP contribution in [-0.4, -0.2) is 19.7 Å². The fraction of sp³-hybridized carbons (Fsp3) is 0.417. The molecule has 0 saturated heterocycles. The number of methoxy groups -OCH3 is 1. The van der Waals surface area contributed by atoms with E-state index in [1.165, 1.54) is 7.11 Å². The first kappa shape index (κ1) is 12.8. The standard InChI is InChI=1S/C12H15ClO3/c1-3-16-11-6-5-10(13)8-9(11)4-7-12(14)15-2/h5-6,8H,3-4,7H2,1-2H3. The molecule has 0 aliphatic carbocycles. The molecular weight excluding hydrogens is 228 g/mol. The first-order valence-electron chi connectivity index (χ1n) is 5.15. The summed E-state index contributed by atoms with van der Waals surface area (Å²) >= 11 is 5.89. The van der Waals surface area contributed by atoms with E-state index in [1.54, 1.807) is 6.07 Å². The number of carbonyl (C=O) groups is 1. The van der Waals surface area contributed by atoms with Crippen LogP contribution in [0.2, 0.25) is 5.02 Å². The van der Waals surface area contributed by atoms with E-state index >= 15 is 0 Å². The highest BCUT2D eigenvalue weighted by atomic mass is 35.5. The van der Waals surface area contributed by atoms with Crippen LogP contribution in [0.25, 0.3) is 0 Å². The Morgan fingerprint density at radius 3 is 2.81 bits per heavy atom. The Morgan fingerprint density at radius 1 is 1.44 bits per heavy atom. The number of carbonyl (C=O) groups excluding carboxylic acids is 1. The van der Waals surface area contributed by atoms with Crippen molar-refractivity contribution in [2.24, 2.45) is 0 Å². The van der Waals surface area contributed by atoms with Crippen LogP contribution in [0.1, 0.15) is 18.9 Å². The van der Waals surface area contributed by atoms with Crippen molar-refractivity contribution in [1.29, 1.82) is 0 Å². The number of hydrogen-bond donors (Lipinski definition) is 0. The molecular formula is C12H15ClO3. The number of aryl methyl sites for hydroxylation is 1. The van der Waals surface area contributed by atoms with Crippen molar-refractivity contribution < 1.29 is 14.3 Å². The molecule has 0 amide bonds. The molecule has 0 spiro atoms. The maximum absolute atomic E-state index is 11.0. The van der Waals surface area contributed by atoms with Gasteiger partial charge in [0, 0.05) is 11.4 Å². The predicted molar refractivity (Wildman–Crippen MR) is 63.0 cm³/mol. The van der Waals surface area contributed by atoms with Crippen LogP contribution in [-0.2, 0) is 16.0 Å². The van der Waals surface area contributed by atoms with E-state index < -0.39 is 0 Å². The van der Waals surface area contributed by atoms with E-state index in [0.29, 0.717) is 24.5 Å². The highest BCUT2D eigenvalue weighted by molar-refractivity contribution is 6.30. The lowest BCUT2D eigenvalue weighted by Crippen LogP contribution is -2.03. The molecule has 1 aromatic carbocycles. The second-order valence-corrected chi connectivity index (χ2v) is 3.70. The highest BCUT2D eigenvalue weighted by Gasteiger charge is 2.07. The zero-order valence-electron chi connectivity index (χ0n) is 9.46. The number of benzene rings is 1. The molecule has 3 nitrogen and oxygen atoms in total. The van der Waals surface area contributed by atoms with Gasteiger partial charge >= 0.3 is 5.97 Å². The van der Waals surface area contributed by atoms with Gasteiger partial charge in [-0.1, -0.05) is 11.6 Å². The maximum Gasteiger partial charge on any atom is 0.305 e. The maximum atomic E-state index is 11.0. The summed E-state index contributed by atoms with van der Waals surface area (Å²) in [5, 5.41) is 0.642. The molecule has 0 aliphatic heterocycles. The Hall–Kier alpha value is -1.22. The fourth-order valence-corrected chi connectivity index (χ4v) is 1.57. The zero-order valence-corrected chi connectivity index (χ0v) is 10.2. The van der Waals surface area contributed by atoms with Gasteiger partial charge in [0.25, 0.3) is 0 Å². The Bertz CT molecular complexity index is 363. The lowest BCUT2D eigenvalue weighted by atomic mass is 10.1. The Balaban J connectivity index is 2.75. The molecule has 0 aliphatic rings. The summed E-state index contributed by atoms with van der Waals surface area (Å²) in [5.41, 5.74) is 0.930. The third-order valence-corrected chi connectivity index (χ3v) is 2.38. The number of hydrogen-bond acceptors (Lipinski definition) is 3. The van der Waals surface area contributed by atoms with Gasteiger partial charge in [-0.15, -0.1) is 0 Å². The van der Waals surface area contributed by atoms with Crippen LogP contribution in [0.5, 0.6) is 5.75 Å². The monoisotopic (exact) mass is 242 g/mol. The van der Waals surface area contributed by atoms with Crippen molar-refractivity contribution in [3.63, 3.8) is 0 Å². The van der Waals surface area contributed by atoms with Crippen molar-refractivity contribution in [3.05, 3.63) is 28.8 Å². The quantitative estimate of drug-likeness (QED) is 0.745. The van der Waals surface area contributed by atoms with Gasteiger partial charge in [-0.05, 0) is 37.1 Å². The minimum atomic E-state index is -0.234. The molecule has 0 fully saturated rings. The van der Waals surface area contributed by atoms with Crippen LogP contribution < -0.4 is 4.74 Å². The molecule has 0 heterocycles. The van der Waals surface area contributed by atoms with Gasteiger partial charge in [0.1, 0.15) is 5.75 Å². The fourth-order valence-electron chi connectivity index (χ4n) is 1.38. The average Bonchev–Trinajstić information content (AvgIpc) is 2.29. The third kappa shape index (κ3) is 3.74. The molecule has 0 radical (unpaired) electrons. The van der Waals surface area contributed by atoms with E-state index in [4.69, 9.17) is 16.3 Å². The normalized spacial score (nSPS) is 9.94. The van der Waals surface area contributed by atoms with E-state index in [1.807, 2.05) is 19.1 Å². The zero-order chi connectivity index (χ0) is 12.0. The predicted octanol–water partition coefficient (Wildman–Crippen LogP) is 2.84. The highest BCUT2D eigenvalue weighted by Crippen LogP contribution is 2.24. The smallest absolute Gasteiger partial charge is 0.305 e.